The Labute approximate surface area is 136 Å². The van der Waals surface area contributed by atoms with Gasteiger partial charge in [-0.1, -0.05) is 0 Å². The second-order valence-electron chi connectivity index (χ2n) is 5.05. The number of fused-ring (bicyclic) bond motifs is 1. The van der Waals surface area contributed by atoms with E-state index in [4.69, 9.17) is 4.74 Å². The maximum Gasteiger partial charge on any atom is 0.176 e. The molecule has 2 aromatic rings. The van der Waals surface area contributed by atoms with Gasteiger partial charge in [0.25, 0.3) is 0 Å². The standard InChI is InChI=1S/C15H12BrNO4S/c1-22(19,20)14-5-4-13(11-2-3-12(18)15(11)14)21-10-6-9(16)7-17-8-10/h4-8H,2-3H2,1H3. The third kappa shape index (κ3) is 2.78. The molecule has 0 saturated heterocycles. The highest BCUT2D eigenvalue weighted by atomic mass is 79.9. The Hall–Kier alpha value is -1.73. The molecule has 0 radical (unpaired) electrons. The number of aromatic nitrogens is 1. The smallest absolute Gasteiger partial charge is 0.176 e. The molecule has 22 heavy (non-hydrogen) atoms. The third-order valence-corrected chi connectivity index (χ3v) is 4.99. The highest BCUT2D eigenvalue weighted by Gasteiger charge is 2.30. The summed E-state index contributed by atoms with van der Waals surface area (Å²) in [5, 5.41) is 0. The molecule has 0 N–H and O–H groups in total. The average Bonchev–Trinajstić information content (AvgIpc) is 2.81. The van der Waals surface area contributed by atoms with Gasteiger partial charge in [-0.05, 0) is 40.5 Å². The van der Waals surface area contributed by atoms with Gasteiger partial charge >= 0.3 is 0 Å². The van der Waals surface area contributed by atoms with E-state index < -0.39 is 9.84 Å². The molecule has 0 spiro atoms. The van der Waals surface area contributed by atoms with E-state index in [1.807, 2.05) is 0 Å². The summed E-state index contributed by atoms with van der Waals surface area (Å²) in [4.78, 5) is 16.1. The zero-order valence-electron chi connectivity index (χ0n) is 11.7. The van der Waals surface area contributed by atoms with Crippen molar-refractivity contribution in [3.63, 3.8) is 0 Å². The lowest BCUT2D eigenvalue weighted by Gasteiger charge is -2.12. The van der Waals surface area contributed by atoms with Crippen molar-refractivity contribution in [3.8, 4) is 11.5 Å². The van der Waals surface area contributed by atoms with Crippen molar-refractivity contribution in [2.75, 3.05) is 6.26 Å². The SMILES string of the molecule is CS(=O)(=O)c1ccc(Oc2cncc(Br)c2)c2c1C(=O)CC2. The molecule has 114 valence electrons. The number of carbonyl (C=O) groups is 1. The molecular weight excluding hydrogens is 370 g/mol. The first-order chi connectivity index (χ1) is 10.4. The quantitative estimate of drug-likeness (QED) is 0.815. The van der Waals surface area contributed by atoms with Crippen LogP contribution in [0.15, 0.2) is 40.0 Å². The van der Waals surface area contributed by atoms with E-state index >= 15 is 0 Å². The highest BCUT2D eigenvalue weighted by Crippen LogP contribution is 2.37. The summed E-state index contributed by atoms with van der Waals surface area (Å²) in [6.07, 6.45) is 5.07. The van der Waals surface area contributed by atoms with Crippen LogP contribution in [0.5, 0.6) is 11.5 Å². The Morgan fingerprint density at radius 1 is 1.23 bits per heavy atom. The molecule has 1 aliphatic rings. The van der Waals surface area contributed by atoms with E-state index in [1.54, 1.807) is 24.5 Å². The minimum Gasteiger partial charge on any atom is -0.455 e. The molecule has 1 aromatic carbocycles. The molecule has 5 nitrogen and oxygen atoms in total. The summed E-state index contributed by atoms with van der Waals surface area (Å²) < 4.78 is 30.2. The van der Waals surface area contributed by atoms with Gasteiger partial charge in [-0.25, -0.2) is 8.42 Å². The van der Waals surface area contributed by atoms with E-state index in [9.17, 15) is 13.2 Å². The van der Waals surface area contributed by atoms with Gasteiger partial charge in [-0.3, -0.25) is 9.78 Å². The number of Topliss-reactive ketones (excluding diaryl/α,β-unsaturated/α-hetero) is 1. The van der Waals surface area contributed by atoms with Gasteiger partial charge in [0, 0.05) is 34.5 Å². The lowest BCUT2D eigenvalue weighted by atomic mass is 10.1. The van der Waals surface area contributed by atoms with Gasteiger partial charge < -0.3 is 4.74 Å². The second-order valence-corrected chi connectivity index (χ2v) is 7.95. The van der Waals surface area contributed by atoms with Crippen molar-refractivity contribution in [2.45, 2.75) is 17.7 Å². The molecule has 0 amide bonds. The monoisotopic (exact) mass is 381 g/mol. The fourth-order valence-corrected chi connectivity index (χ4v) is 3.77. The molecule has 0 atom stereocenters. The van der Waals surface area contributed by atoms with Gasteiger partial charge in [0.1, 0.15) is 11.5 Å². The zero-order chi connectivity index (χ0) is 15.9. The fourth-order valence-electron chi connectivity index (χ4n) is 2.50. The molecule has 1 aromatic heterocycles. The number of ether oxygens (including phenoxy) is 1. The van der Waals surface area contributed by atoms with Crippen molar-refractivity contribution in [2.24, 2.45) is 0 Å². The van der Waals surface area contributed by atoms with Crippen LogP contribution >= 0.6 is 15.9 Å². The molecule has 0 unspecified atom stereocenters. The molecule has 7 heteroatoms. The lowest BCUT2D eigenvalue weighted by molar-refractivity contribution is 0.0991. The first-order valence-electron chi connectivity index (χ1n) is 6.54. The molecule has 3 rings (SSSR count). The van der Waals surface area contributed by atoms with Crippen LogP contribution in [0.4, 0.5) is 0 Å². The first kappa shape index (κ1) is 15.2. The summed E-state index contributed by atoms with van der Waals surface area (Å²) in [7, 11) is -3.45. The van der Waals surface area contributed by atoms with Gasteiger partial charge in [-0.2, -0.15) is 0 Å². The van der Waals surface area contributed by atoms with Crippen LogP contribution in [0.1, 0.15) is 22.3 Å². The first-order valence-corrected chi connectivity index (χ1v) is 9.22. The van der Waals surface area contributed by atoms with E-state index in [0.717, 1.165) is 10.7 Å². The number of benzene rings is 1. The van der Waals surface area contributed by atoms with Crippen molar-refractivity contribution >= 4 is 31.6 Å². The fraction of sp³-hybridized carbons (Fsp3) is 0.200. The molecule has 1 heterocycles. The van der Waals surface area contributed by atoms with Crippen LogP contribution < -0.4 is 4.74 Å². The minimum atomic E-state index is -3.45. The highest BCUT2D eigenvalue weighted by molar-refractivity contribution is 9.10. The predicted molar refractivity (Wildman–Crippen MR) is 84.2 cm³/mol. The summed E-state index contributed by atoms with van der Waals surface area (Å²) >= 11 is 3.31. The summed E-state index contributed by atoms with van der Waals surface area (Å²) in [5.41, 5.74) is 0.913. The van der Waals surface area contributed by atoms with Gasteiger partial charge in [-0.15, -0.1) is 0 Å². The topological polar surface area (TPSA) is 73.3 Å². The Morgan fingerprint density at radius 2 is 2.00 bits per heavy atom. The van der Waals surface area contributed by atoms with E-state index in [-0.39, 0.29) is 16.2 Å². The van der Waals surface area contributed by atoms with Crippen molar-refractivity contribution in [1.82, 2.24) is 4.98 Å². The Kier molecular flexibility index (Phi) is 3.78. The number of hydrogen-bond donors (Lipinski definition) is 0. The van der Waals surface area contributed by atoms with Crippen LogP contribution in [-0.4, -0.2) is 25.4 Å². The molecule has 0 fully saturated rings. The number of hydrogen-bond acceptors (Lipinski definition) is 5. The Morgan fingerprint density at radius 3 is 2.68 bits per heavy atom. The molecule has 0 aliphatic heterocycles. The van der Waals surface area contributed by atoms with Gasteiger partial charge in [0.2, 0.25) is 0 Å². The van der Waals surface area contributed by atoms with Crippen LogP contribution in [0.3, 0.4) is 0 Å². The normalized spacial score (nSPS) is 14.0. The van der Waals surface area contributed by atoms with Crippen LogP contribution in [0.2, 0.25) is 0 Å². The number of rotatable bonds is 3. The summed E-state index contributed by atoms with van der Waals surface area (Å²) in [6, 6.07) is 4.77. The molecular formula is C15H12BrNO4S. The van der Waals surface area contributed by atoms with Crippen molar-refractivity contribution in [3.05, 3.63) is 46.2 Å². The molecule has 1 aliphatic carbocycles. The summed E-state index contributed by atoms with van der Waals surface area (Å²) in [5.74, 6) is 0.851. The maximum absolute atomic E-state index is 12.1. The number of pyridine rings is 1. The second kappa shape index (κ2) is 5.48. The van der Waals surface area contributed by atoms with Gasteiger partial charge in [0.15, 0.2) is 15.6 Å². The summed E-state index contributed by atoms with van der Waals surface area (Å²) in [6.45, 7) is 0. The minimum absolute atomic E-state index is 0.0738. The van der Waals surface area contributed by atoms with Crippen LogP contribution in [-0.2, 0) is 16.3 Å². The largest absolute Gasteiger partial charge is 0.455 e. The van der Waals surface area contributed by atoms with Gasteiger partial charge in [0.05, 0.1) is 11.1 Å². The van der Waals surface area contributed by atoms with Crippen LogP contribution in [0, 0.1) is 0 Å². The third-order valence-electron chi connectivity index (χ3n) is 3.42. The number of sulfone groups is 1. The van der Waals surface area contributed by atoms with E-state index in [1.165, 1.54) is 6.07 Å². The number of carbonyl (C=O) groups excluding carboxylic acids is 1. The van der Waals surface area contributed by atoms with E-state index in [0.29, 0.717) is 29.9 Å². The number of ketones is 1. The maximum atomic E-state index is 12.1. The number of halogens is 1. The lowest BCUT2D eigenvalue weighted by Crippen LogP contribution is -2.06. The van der Waals surface area contributed by atoms with Crippen molar-refractivity contribution < 1.29 is 17.9 Å². The van der Waals surface area contributed by atoms with E-state index in [2.05, 4.69) is 20.9 Å². The molecule has 0 saturated carbocycles. The molecule has 0 bridgehead atoms. The Balaban J connectivity index is 2.10. The van der Waals surface area contributed by atoms with Crippen molar-refractivity contribution in [1.29, 1.82) is 0 Å². The zero-order valence-corrected chi connectivity index (χ0v) is 14.1. The number of nitrogens with zero attached hydrogens (tertiary/aromatic N) is 1. The Bertz CT molecular complexity index is 877. The average molecular weight is 382 g/mol. The van der Waals surface area contributed by atoms with Crippen LogP contribution in [0.25, 0.3) is 0 Å². The predicted octanol–water partition coefficient (Wildman–Crippen LogP) is 3.17.